The van der Waals surface area contributed by atoms with Crippen LogP contribution in [0.2, 0.25) is 0 Å². The zero-order valence-electron chi connectivity index (χ0n) is 36.3. The highest BCUT2D eigenvalue weighted by molar-refractivity contribution is 6.99. The SMILES string of the molecule is CC(C)(C)c1ccc2c(c1)B1c3cc4c(cc3N(c3ccc5c(c3)C(C)(C)CC5(C)C)c3cc(N(c5ccccc5)c5ccccc5)cc(c31)O2)C(C)(C)CC4(C)C. The molecule has 0 radical (unpaired) electrons. The molecule has 0 saturated carbocycles. The first-order chi connectivity index (χ1) is 27.3. The van der Waals surface area contributed by atoms with Crippen LogP contribution in [0.5, 0.6) is 11.5 Å². The van der Waals surface area contributed by atoms with Gasteiger partial charge in [-0.05, 0) is 139 Å². The van der Waals surface area contributed by atoms with E-state index in [-0.39, 0.29) is 33.8 Å². The van der Waals surface area contributed by atoms with Gasteiger partial charge in [0, 0.05) is 34.5 Å². The Kier molecular flexibility index (Phi) is 7.78. The van der Waals surface area contributed by atoms with E-state index in [1.807, 2.05) is 0 Å². The fourth-order valence-electron chi connectivity index (χ4n) is 11.8. The Morgan fingerprint density at radius 2 is 1.09 bits per heavy atom. The quantitative estimate of drug-likeness (QED) is 0.166. The Morgan fingerprint density at radius 3 is 1.69 bits per heavy atom. The van der Waals surface area contributed by atoms with Gasteiger partial charge in [0.2, 0.25) is 0 Å². The lowest BCUT2D eigenvalue weighted by Crippen LogP contribution is -2.60. The molecule has 0 fully saturated rings. The summed E-state index contributed by atoms with van der Waals surface area (Å²) in [6, 6.07) is 45.8. The van der Waals surface area contributed by atoms with Gasteiger partial charge in [-0.15, -0.1) is 0 Å². The van der Waals surface area contributed by atoms with Crippen molar-refractivity contribution in [2.75, 3.05) is 9.80 Å². The second-order valence-corrected chi connectivity index (χ2v) is 21.3. The molecule has 2 aliphatic heterocycles. The first kappa shape index (κ1) is 37.1. The van der Waals surface area contributed by atoms with Crippen molar-refractivity contribution in [2.45, 2.75) is 116 Å². The Morgan fingerprint density at radius 1 is 0.517 bits per heavy atom. The third kappa shape index (κ3) is 5.54. The lowest BCUT2D eigenvalue weighted by atomic mass is 9.33. The first-order valence-corrected chi connectivity index (χ1v) is 21.4. The predicted octanol–water partition coefficient (Wildman–Crippen LogP) is 12.8. The minimum absolute atomic E-state index is 0.00728. The molecule has 10 rings (SSSR count). The highest BCUT2D eigenvalue weighted by Crippen LogP contribution is 2.55. The van der Waals surface area contributed by atoms with Gasteiger partial charge in [-0.1, -0.05) is 137 Å². The van der Waals surface area contributed by atoms with Gasteiger partial charge >= 0.3 is 0 Å². The third-order valence-corrected chi connectivity index (χ3v) is 14.0. The van der Waals surface area contributed by atoms with Crippen LogP contribution in [0.3, 0.4) is 0 Å². The molecule has 0 saturated heterocycles. The molecule has 2 aliphatic carbocycles. The number of benzene rings is 6. The van der Waals surface area contributed by atoms with Gasteiger partial charge in [0.15, 0.2) is 0 Å². The predicted molar refractivity (Wildman–Crippen MR) is 247 cm³/mol. The van der Waals surface area contributed by atoms with Crippen molar-refractivity contribution in [1.29, 1.82) is 0 Å². The Bertz CT molecular complexity index is 2610. The smallest absolute Gasteiger partial charge is 0.256 e. The molecule has 4 aliphatic rings. The molecule has 2 heterocycles. The number of hydrogen-bond acceptors (Lipinski definition) is 3. The molecule has 0 spiro atoms. The molecule has 58 heavy (non-hydrogen) atoms. The van der Waals surface area contributed by atoms with Gasteiger partial charge in [-0.3, -0.25) is 0 Å². The molecule has 0 amide bonds. The number of nitrogens with zero attached hydrogens (tertiary/aromatic N) is 2. The van der Waals surface area contributed by atoms with Crippen LogP contribution in [0.25, 0.3) is 0 Å². The highest BCUT2D eigenvalue weighted by Gasteiger charge is 2.49. The normalized spacial score (nSPS) is 18.4. The summed E-state index contributed by atoms with van der Waals surface area (Å²) in [4.78, 5) is 4.98. The summed E-state index contributed by atoms with van der Waals surface area (Å²) in [5.74, 6) is 1.87. The van der Waals surface area contributed by atoms with Crippen LogP contribution in [0.4, 0.5) is 34.1 Å². The largest absolute Gasteiger partial charge is 0.458 e. The first-order valence-electron chi connectivity index (χ1n) is 21.4. The summed E-state index contributed by atoms with van der Waals surface area (Å²) in [6.07, 6.45) is 2.24. The number of para-hydroxylation sites is 2. The van der Waals surface area contributed by atoms with Crippen molar-refractivity contribution in [1.82, 2.24) is 0 Å². The lowest BCUT2D eigenvalue weighted by Gasteiger charge is -2.42. The molecule has 0 aromatic heterocycles. The van der Waals surface area contributed by atoms with E-state index in [0.717, 1.165) is 41.4 Å². The van der Waals surface area contributed by atoms with Crippen LogP contribution in [0, 0.1) is 0 Å². The highest BCUT2D eigenvalue weighted by atomic mass is 16.5. The molecule has 6 aromatic rings. The van der Waals surface area contributed by atoms with E-state index in [1.54, 1.807) is 0 Å². The molecule has 0 atom stereocenters. The third-order valence-electron chi connectivity index (χ3n) is 14.0. The lowest BCUT2D eigenvalue weighted by molar-refractivity contribution is 0.403. The summed E-state index contributed by atoms with van der Waals surface area (Å²) in [7, 11) is 0. The van der Waals surface area contributed by atoms with Crippen molar-refractivity contribution in [3.8, 4) is 11.5 Å². The van der Waals surface area contributed by atoms with Crippen molar-refractivity contribution < 1.29 is 4.74 Å². The average molecular weight is 761 g/mol. The van der Waals surface area contributed by atoms with Crippen molar-refractivity contribution in [3.63, 3.8) is 0 Å². The van der Waals surface area contributed by atoms with E-state index in [4.69, 9.17) is 4.74 Å². The molecule has 4 heteroatoms. The van der Waals surface area contributed by atoms with Crippen LogP contribution in [0.15, 0.2) is 121 Å². The number of fused-ring (bicyclic) bond motifs is 6. The zero-order chi connectivity index (χ0) is 40.7. The molecule has 0 bridgehead atoms. The number of hydrogen-bond donors (Lipinski definition) is 0. The van der Waals surface area contributed by atoms with Crippen molar-refractivity contribution in [2.24, 2.45) is 0 Å². The maximum Gasteiger partial charge on any atom is 0.256 e. The van der Waals surface area contributed by atoms with E-state index < -0.39 is 0 Å². The van der Waals surface area contributed by atoms with E-state index in [0.29, 0.717) is 0 Å². The Labute approximate surface area is 347 Å². The topological polar surface area (TPSA) is 15.7 Å². The van der Waals surface area contributed by atoms with Crippen LogP contribution in [-0.4, -0.2) is 6.71 Å². The van der Waals surface area contributed by atoms with E-state index in [1.165, 1.54) is 61.3 Å². The number of anilines is 6. The van der Waals surface area contributed by atoms with E-state index in [2.05, 4.69) is 207 Å². The summed E-state index contributed by atoms with van der Waals surface area (Å²) in [6.45, 7) is 26.4. The van der Waals surface area contributed by atoms with Gasteiger partial charge in [-0.25, -0.2) is 0 Å². The minimum atomic E-state index is -0.00760. The summed E-state index contributed by atoms with van der Waals surface area (Å²) in [5.41, 5.74) is 18.3. The van der Waals surface area contributed by atoms with Gasteiger partial charge in [0.1, 0.15) is 11.5 Å². The number of rotatable bonds is 4. The molecule has 292 valence electrons. The van der Waals surface area contributed by atoms with Gasteiger partial charge in [-0.2, -0.15) is 0 Å². The standard InChI is InChI=1S/C54H57BN2O/c1-50(2,3)34-22-25-47-44(26-34)55-43-30-41-42(54(10,11)33-53(41,8)9)31-45(43)57(37-23-24-39-40(27-37)52(6,7)32-51(39,4)5)46-28-38(29-48(58-47)49(46)55)56(35-18-14-12-15-19-35)36-20-16-13-17-21-36/h12-31H,32-33H2,1-11H3. The number of ether oxygens (including phenoxy) is 1. The Hall–Kier alpha value is -5.22. The fraction of sp³-hybridized carbons (Fsp3) is 0.333. The molecule has 3 nitrogen and oxygen atoms in total. The summed E-state index contributed by atoms with van der Waals surface area (Å²) < 4.78 is 7.20. The van der Waals surface area contributed by atoms with Crippen LogP contribution in [0.1, 0.15) is 117 Å². The molecule has 0 unspecified atom stereocenters. The van der Waals surface area contributed by atoms with Crippen LogP contribution in [-0.2, 0) is 27.1 Å². The zero-order valence-corrected chi connectivity index (χ0v) is 36.3. The summed E-state index contributed by atoms with van der Waals surface area (Å²) in [5, 5.41) is 0. The molecular weight excluding hydrogens is 703 g/mol. The average Bonchev–Trinajstić information content (AvgIpc) is 3.47. The minimum Gasteiger partial charge on any atom is -0.458 e. The maximum atomic E-state index is 7.20. The molecule has 6 aromatic carbocycles. The Balaban J connectivity index is 1.32. The monoisotopic (exact) mass is 760 g/mol. The van der Waals surface area contributed by atoms with E-state index >= 15 is 0 Å². The molecule has 0 N–H and O–H groups in total. The van der Waals surface area contributed by atoms with Crippen molar-refractivity contribution in [3.05, 3.63) is 149 Å². The fourth-order valence-corrected chi connectivity index (χ4v) is 11.8. The van der Waals surface area contributed by atoms with Crippen LogP contribution < -0.4 is 30.9 Å². The molecular formula is C54H57BN2O. The van der Waals surface area contributed by atoms with Crippen molar-refractivity contribution >= 4 is 57.2 Å². The second-order valence-electron chi connectivity index (χ2n) is 21.3. The van der Waals surface area contributed by atoms with Gasteiger partial charge in [0.25, 0.3) is 6.71 Å². The second kappa shape index (κ2) is 12.2. The van der Waals surface area contributed by atoms with Gasteiger partial charge < -0.3 is 14.5 Å². The summed E-state index contributed by atoms with van der Waals surface area (Å²) >= 11 is 0. The van der Waals surface area contributed by atoms with E-state index in [9.17, 15) is 0 Å². The maximum absolute atomic E-state index is 7.20. The van der Waals surface area contributed by atoms with Gasteiger partial charge in [0.05, 0.1) is 5.69 Å². The van der Waals surface area contributed by atoms with Crippen LogP contribution >= 0.6 is 0 Å².